The fourth-order valence-electron chi connectivity index (χ4n) is 2.76. The van der Waals surface area contributed by atoms with Crippen molar-refractivity contribution in [1.82, 2.24) is 4.90 Å². The highest BCUT2D eigenvalue weighted by Gasteiger charge is 2.22. The van der Waals surface area contributed by atoms with E-state index in [1.807, 2.05) is 12.1 Å². The third kappa shape index (κ3) is 3.31. The number of likely N-dealkylation sites (tertiary alicyclic amines) is 1. The van der Waals surface area contributed by atoms with E-state index in [0.29, 0.717) is 11.7 Å². The SMILES string of the molecule is COc1cc(CN2CCC(C)C(C)C2)ccc1C(=O)O. The summed E-state index contributed by atoms with van der Waals surface area (Å²) < 4.78 is 5.18. The molecule has 2 atom stereocenters. The summed E-state index contributed by atoms with van der Waals surface area (Å²) >= 11 is 0. The Morgan fingerprint density at radius 2 is 2.15 bits per heavy atom. The molecule has 0 saturated carbocycles. The van der Waals surface area contributed by atoms with Gasteiger partial charge in [-0.1, -0.05) is 19.9 Å². The summed E-state index contributed by atoms with van der Waals surface area (Å²) in [4.78, 5) is 13.5. The van der Waals surface area contributed by atoms with Crippen molar-refractivity contribution in [2.75, 3.05) is 20.2 Å². The van der Waals surface area contributed by atoms with E-state index in [2.05, 4.69) is 18.7 Å². The number of rotatable bonds is 4. The molecule has 1 aromatic carbocycles. The van der Waals surface area contributed by atoms with Crippen LogP contribution in [0.2, 0.25) is 0 Å². The highest BCUT2D eigenvalue weighted by atomic mass is 16.5. The first-order valence-electron chi connectivity index (χ1n) is 7.13. The van der Waals surface area contributed by atoms with Crippen LogP contribution in [0.4, 0.5) is 0 Å². The minimum absolute atomic E-state index is 0.219. The number of hydrogen-bond donors (Lipinski definition) is 1. The molecule has 110 valence electrons. The van der Waals surface area contributed by atoms with E-state index in [1.54, 1.807) is 6.07 Å². The van der Waals surface area contributed by atoms with Gasteiger partial charge >= 0.3 is 5.97 Å². The largest absolute Gasteiger partial charge is 0.496 e. The molecule has 1 heterocycles. The Kier molecular flexibility index (Phi) is 4.65. The lowest BCUT2D eigenvalue weighted by atomic mass is 9.88. The van der Waals surface area contributed by atoms with Crippen molar-refractivity contribution in [2.24, 2.45) is 11.8 Å². The number of ether oxygens (including phenoxy) is 1. The van der Waals surface area contributed by atoms with Gasteiger partial charge in [0, 0.05) is 13.1 Å². The molecule has 0 amide bonds. The molecule has 0 spiro atoms. The predicted molar refractivity (Wildman–Crippen MR) is 78.2 cm³/mol. The monoisotopic (exact) mass is 277 g/mol. The maximum Gasteiger partial charge on any atom is 0.339 e. The molecule has 1 saturated heterocycles. The van der Waals surface area contributed by atoms with E-state index in [4.69, 9.17) is 9.84 Å². The fourth-order valence-corrected chi connectivity index (χ4v) is 2.76. The predicted octanol–water partition coefficient (Wildman–Crippen LogP) is 2.87. The molecule has 0 aromatic heterocycles. The van der Waals surface area contributed by atoms with Crippen molar-refractivity contribution in [3.05, 3.63) is 29.3 Å². The Morgan fingerprint density at radius 3 is 2.75 bits per heavy atom. The summed E-state index contributed by atoms with van der Waals surface area (Å²) in [5.41, 5.74) is 1.32. The number of piperidine rings is 1. The molecule has 1 fully saturated rings. The molecule has 1 N–H and O–H groups in total. The summed E-state index contributed by atoms with van der Waals surface area (Å²) in [6.45, 7) is 7.67. The van der Waals surface area contributed by atoms with Crippen molar-refractivity contribution in [2.45, 2.75) is 26.8 Å². The lowest BCUT2D eigenvalue weighted by Crippen LogP contribution is -2.37. The zero-order chi connectivity index (χ0) is 14.7. The van der Waals surface area contributed by atoms with Crippen LogP contribution in [-0.2, 0) is 6.54 Å². The Hall–Kier alpha value is -1.55. The Morgan fingerprint density at radius 1 is 1.40 bits per heavy atom. The maximum absolute atomic E-state index is 11.1. The summed E-state index contributed by atoms with van der Waals surface area (Å²) in [6, 6.07) is 5.35. The maximum atomic E-state index is 11.1. The van der Waals surface area contributed by atoms with Crippen molar-refractivity contribution in [3.63, 3.8) is 0 Å². The number of carboxylic acids is 1. The van der Waals surface area contributed by atoms with E-state index in [-0.39, 0.29) is 5.56 Å². The van der Waals surface area contributed by atoms with Crippen molar-refractivity contribution in [1.29, 1.82) is 0 Å². The number of carbonyl (C=O) groups is 1. The van der Waals surface area contributed by atoms with Crippen LogP contribution in [0.3, 0.4) is 0 Å². The highest BCUT2D eigenvalue weighted by molar-refractivity contribution is 5.90. The second-order valence-corrected chi connectivity index (χ2v) is 5.82. The van der Waals surface area contributed by atoms with Gasteiger partial charge in [0.1, 0.15) is 11.3 Å². The van der Waals surface area contributed by atoms with E-state index in [1.165, 1.54) is 13.5 Å². The van der Waals surface area contributed by atoms with Gasteiger partial charge in [-0.05, 0) is 42.5 Å². The Labute approximate surface area is 120 Å². The molecule has 2 rings (SSSR count). The lowest BCUT2D eigenvalue weighted by molar-refractivity contribution is 0.0693. The first-order valence-corrected chi connectivity index (χ1v) is 7.13. The zero-order valence-electron chi connectivity index (χ0n) is 12.4. The van der Waals surface area contributed by atoms with E-state index in [0.717, 1.165) is 31.1 Å². The number of benzene rings is 1. The van der Waals surface area contributed by atoms with E-state index >= 15 is 0 Å². The molecule has 4 nitrogen and oxygen atoms in total. The molecule has 20 heavy (non-hydrogen) atoms. The quantitative estimate of drug-likeness (QED) is 0.919. The molecule has 2 unspecified atom stereocenters. The van der Waals surface area contributed by atoms with Crippen LogP contribution in [0.5, 0.6) is 5.75 Å². The summed E-state index contributed by atoms with van der Waals surface area (Å²) in [5, 5.41) is 9.08. The van der Waals surface area contributed by atoms with Crippen LogP contribution in [-0.4, -0.2) is 36.2 Å². The fraction of sp³-hybridized carbons (Fsp3) is 0.562. The van der Waals surface area contributed by atoms with Crippen LogP contribution in [0.25, 0.3) is 0 Å². The number of hydrogen-bond acceptors (Lipinski definition) is 3. The first-order chi connectivity index (χ1) is 9.51. The number of nitrogens with zero attached hydrogens (tertiary/aromatic N) is 1. The minimum Gasteiger partial charge on any atom is -0.496 e. The number of aromatic carboxylic acids is 1. The second kappa shape index (κ2) is 6.27. The zero-order valence-corrected chi connectivity index (χ0v) is 12.4. The average molecular weight is 277 g/mol. The van der Waals surface area contributed by atoms with Crippen LogP contribution in [0.1, 0.15) is 36.2 Å². The molecule has 0 bridgehead atoms. The lowest BCUT2D eigenvalue weighted by Gasteiger charge is -2.35. The Balaban J connectivity index is 2.08. The number of methoxy groups -OCH3 is 1. The van der Waals surface area contributed by atoms with Gasteiger partial charge in [0.25, 0.3) is 0 Å². The van der Waals surface area contributed by atoms with Crippen molar-refractivity contribution in [3.8, 4) is 5.75 Å². The highest BCUT2D eigenvalue weighted by Crippen LogP contribution is 2.25. The van der Waals surface area contributed by atoms with E-state index < -0.39 is 5.97 Å². The summed E-state index contributed by atoms with van der Waals surface area (Å²) in [6.07, 6.45) is 1.23. The molecule has 0 aliphatic carbocycles. The third-order valence-electron chi connectivity index (χ3n) is 4.32. The van der Waals surface area contributed by atoms with Gasteiger partial charge in [-0.3, -0.25) is 4.90 Å². The summed E-state index contributed by atoms with van der Waals surface area (Å²) in [5.74, 6) is 0.987. The van der Waals surface area contributed by atoms with Gasteiger partial charge in [-0.15, -0.1) is 0 Å². The summed E-state index contributed by atoms with van der Waals surface area (Å²) in [7, 11) is 1.51. The molecular formula is C16H23NO3. The topological polar surface area (TPSA) is 49.8 Å². The molecule has 1 aliphatic rings. The van der Waals surface area contributed by atoms with Crippen LogP contribution in [0, 0.1) is 11.8 Å². The van der Waals surface area contributed by atoms with Gasteiger partial charge in [0.15, 0.2) is 0 Å². The van der Waals surface area contributed by atoms with Crippen molar-refractivity contribution >= 4 is 5.97 Å². The smallest absolute Gasteiger partial charge is 0.339 e. The molecule has 1 aromatic rings. The Bertz CT molecular complexity index is 487. The first kappa shape index (κ1) is 14.9. The van der Waals surface area contributed by atoms with Gasteiger partial charge in [0.2, 0.25) is 0 Å². The van der Waals surface area contributed by atoms with Gasteiger partial charge < -0.3 is 9.84 Å². The third-order valence-corrected chi connectivity index (χ3v) is 4.32. The molecule has 0 radical (unpaired) electrons. The molecule has 1 aliphatic heterocycles. The van der Waals surface area contributed by atoms with Crippen LogP contribution in [0.15, 0.2) is 18.2 Å². The molecule has 4 heteroatoms. The van der Waals surface area contributed by atoms with Gasteiger partial charge in [-0.25, -0.2) is 4.79 Å². The van der Waals surface area contributed by atoms with Gasteiger partial charge in [0.05, 0.1) is 7.11 Å². The normalized spacial score (nSPS) is 23.6. The van der Waals surface area contributed by atoms with Crippen molar-refractivity contribution < 1.29 is 14.6 Å². The standard InChI is InChI=1S/C16H23NO3/c1-11-6-7-17(9-12(11)2)10-13-4-5-14(16(18)19)15(8-13)20-3/h4-5,8,11-12H,6-7,9-10H2,1-3H3,(H,18,19). The minimum atomic E-state index is -0.950. The number of carboxylic acid groups (broad SMARTS) is 1. The van der Waals surface area contributed by atoms with Crippen LogP contribution >= 0.6 is 0 Å². The average Bonchev–Trinajstić information content (AvgIpc) is 2.42. The van der Waals surface area contributed by atoms with Gasteiger partial charge in [-0.2, -0.15) is 0 Å². The van der Waals surface area contributed by atoms with E-state index in [9.17, 15) is 4.79 Å². The van der Waals surface area contributed by atoms with Crippen LogP contribution < -0.4 is 4.74 Å². The second-order valence-electron chi connectivity index (χ2n) is 5.82. The molecular weight excluding hydrogens is 254 g/mol.